The Hall–Kier alpha value is 0.150. The third-order valence-corrected chi connectivity index (χ3v) is 2.83. The lowest BCUT2D eigenvalue weighted by molar-refractivity contribution is 0.588. The third-order valence-electron chi connectivity index (χ3n) is 0.251. The lowest BCUT2D eigenvalue weighted by Gasteiger charge is -1.92. The van der Waals surface area contributed by atoms with Gasteiger partial charge in [0.05, 0.1) is 6.26 Å². The van der Waals surface area contributed by atoms with Crippen LogP contribution in [0.1, 0.15) is 0 Å². The predicted octanol–water partition coefficient (Wildman–Crippen LogP) is -0.981. The van der Waals surface area contributed by atoms with Crippen LogP contribution >= 0.6 is 10.7 Å². The summed E-state index contributed by atoms with van der Waals surface area (Å²) in [7, 11) is -3.40. The molecule has 0 radical (unpaired) electrons. The van der Waals surface area contributed by atoms with Crippen LogP contribution in [0.4, 0.5) is 0 Å². The van der Waals surface area contributed by atoms with Crippen LogP contribution in [0.25, 0.3) is 0 Å². The molecule has 0 saturated carbocycles. The summed E-state index contributed by atoms with van der Waals surface area (Å²) in [6.45, 7) is 0. The Labute approximate surface area is 57.6 Å². The van der Waals surface area contributed by atoms with Crippen LogP contribution in [0, 0.1) is 0 Å². The molecule has 0 heterocycles. The van der Waals surface area contributed by atoms with Gasteiger partial charge in [0, 0.05) is 10.7 Å². The van der Waals surface area contributed by atoms with E-state index >= 15 is 0 Å². The normalized spacial score (nSPS) is 13.6. The lowest BCUT2D eigenvalue weighted by Crippen LogP contribution is -2.24. The van der Waals surface area contributed by atoms with Gasteiger partial charge in [0.15, 0.2) is 0 Å². The van der Waals surface area contributed by atoms with Gasteiger partial charge in [-0.3, -0.25) is 0 Å². The van der Waals surface area contributed by atoms with Crippen molar-refractivity contribution in [3.05, 3.63) is 0 Å². The van der Waals surface area contributed by atoms with Crippen molar-refractivity contribution < 1.29 is 16.8 Å². The Kier molecular flexibility index (Phi) is 2.45. The first-order valence-electron chi connectivity index (χ1n) is 1.64. The van der Waals surface area contributed by atoms with Gasteiger partial charge in [0.1, 0.15) is 0 Å². The van der Waals surface area contributed by atoms with Crippen LogP contribution in [0.5, 0.6) is 0 Å². The summed E-state index contributed by atoms with van der Waals surface area (Å²) in [4.78, 5) is 0. The average molecular weight is 194 g/mol. The highest BCUT2D eigenvalue weighted by Crippen LogP contribution is 1.90. The van der Waals surface area contributed by atoms with Gasteiger partial charge in [0.25, 0.3) is 0 Å². The van der Waals surface area contributed by atoms with Gasteiger partial charge < -0.3 is 0 Å². The molecule has 0 atom stereocenters. The van der Waals surface area contributed by atoms with Gasteiger partial charge in [0.2, 0.25) is 10.0 Å². The van der Waals surface area contributed by atoms with E-state index in [1.807, 2.05) is 0 Å². The molecular formula is CH4ClNO4S2. The number of nitrogens with one attached hydrogen (secondary N) is 1. The molecule has 0 aromatic heterocycles. The lowest BCUT2D eigenvalue weighted by atomic mass is 12.0. The first kappa shape index (κ1) is 9.15. The first-order valence-corrected chi connectivity index (χ1v) is 5.84. The van der Waals surface area contributed by atoms with E-state index < -0.39 is 19.3 Å². The molecular weight excluding hydrogens is 190 g/mol. The molecule has 0 amide bonds. The second-order valence-electron chi connectivity index (χ2n) is 1.29. The van der Waals surface area contributed by atoms with Crippen molar-refractivity contribution in [3.63, 3.8) is 0 Å². The molecule has 0 aromatic rings. The highest BCUT2D eigenvalue weighted by Gasteiger charge is 2.10. The second kappa shape index (κ2) is 2.41. The molecule has 0 rings (SSSR count). The maximum atomic E-state index is 10.1. The van der Waals surface area contributed by atoms with Crippen molar-refractivity contribution in [2.75, 3.05) is 6.26 Å². The summed E-state index contributed by atoms with van der Waals surface area (Å²) in [6, 6.07) is 0. The maximum Gasteiger partial charge on any atom is 0.310 e. The van der Waals surface area contributed by atoms with Gasteiger partial charge in [-0.05, 0) is 0 Å². The largest absolute Gasteiger partial charge is 0.310 e. The van der Waals surface area contributed by atoms with Crippen molar-refractivity contribution in [1.82, 2.24) is 4.13 Å². The van der Waals surface area contributed by atoms with Crippen LogP contribution in [0.3, 0.4) is 0 Å². The molecule has 0 bridgehead atoms. The van der Waals surface area contributed by atoms with Crippen LogP contribution in [0.2, 0.25) is 0 Å². The second-order valence-corrected chi connectivity index (χ2v) is 5.60. The fourth-order valence-corrected chi connectivity index (χ4v) is 2.66. The molecule has 0 aliphatic carbocycles. The topological polar surface area (TPSA) is 80.3 Å². The number of hydrogen-bond donors (Lipinski definition) is 1. The molecule has 0 aromatic carbocycles. The third kappa shape index (κ3) is 8.15. The van der Waals surface area contributed by atoms with Crippen LogP contribution in [0.15, 0.2) is 0 Å². The van der Waals surface area contributed by atoms with E-state index in [4.69, 9.17) is 0 Å². The van der Waals surface area contributed by atoms with E-state index in [9.17, 15) is 16.8 Å². The zero-order chi connectivity index (χ0) is 7.71. The van der Waals surface area contributed by atoms with Gasteiger partial charge in [-0.25, -0.2) is 8.42 Å². The maximum absolute atomic E-state index is 10.1. The highest BCUT2D eigenvalue weighted by molar-refractivity contribution is 8.18. The number of halogens is 1. The van der Waals surface area contributed by atoms with Crippen LogP contribution in [-0.2, 0) is 19.3 Å². The Morgan fingerprint density at radius 1 is 1.22 bits per heavy atom. The van der Waals surface area contributed by atoms with Gasteiger partial charge in [-0.15, -0.1) is 0 Å². The van der Waals surface area contributed by atoms with Gasteiger partial charge in [-0.1, -0.05) is 4.13 Å². The van der Waals surface area contributed by atoms with E-state index in [-0.39, 0.29) is 0 Å². The van der Waals surface area contributed by atoms with Crippen LogP contribution in [-0.4, -0.2) is 23.1 Å². The standard InChI is InChI=1S/CH4ClNO4S2/c1-8(4,5)3-9(2,6)7/h3H,1H3. The molecule has 0 aliphatic heterocycles. The smallest absolute Gasteiger partial charge is 0.212 e. The minimum Gasteiger partial charge on any atom is -0.212 e. The van der Waals surface area contributed by atoms with Gasteiger partial charge >= 0.3 is 9.24 Å². The molecule has 9 heavy (non-hydrogen) atoms. The summed E-state index contributed by atoms with van der Waals surface area (Å²) >= 11 is 0. The Morgan fingerprint density at radius 3 is 1.56 bits per heavy atom. The molecule has 0 aliphatic rings. The Morgan fingerprint density at radius 2 is 1.56 bits per heavy atom. The molecule has 56 valence electrons. The van der Waals surface area contributed by atoms with Crippen molar-refractivity contribution in [2.45, 2.75) is 0 Å². The first-order chi connectivity index (χ1) is 3.71. The summed E-state index contributed by atoms with van der Waals surface area (Å²) in [6.07, 6.45) is 0.687. The monoisotopic (exact) mass is 193 g/mol. The minimum absolute atomic E-state index is 0.687. The summed E-state index contributed by atoms with van der Waals surface area (Å²) in [5, 5.41) is 0. The molecule has 0 fully saturated rings. The van der Waals surface area contributed by atoms with Crippen molar-refractivity contribution in [3.8, 4) is 0 Å². The van der Waals surface area contributed by atoms with E-state index in [0.29, 0.717) is 6.26 Å². The summed E-state index contributed by atoms with van der Waals surface area (Å²) in [5.74, 6) is 0. The predicted molar refractivity (Wildman–Crippen MR) is 32.8 cm³/mol. The fraction of sp³-hybridized carbons (Fsp3) is 1.00. The van der Waals surface area contributed by atoms with E-state index in [1.165, 1.54) is 4.13 Å². The van der Waals surface area contributed by atoms with Crippen LogP contribution < -0.4 is 4.13 Å². The van der Waals surface area contributed by atoms with Gasteiger partial charge in [-0.2, -0.15) is 8.42 Å². The van der Waals surface area contributed by atoms with E-state index in [1.54, 1.807) is 0 Å². The quantitative estimate of drug-likeness (QED) is 0.572. The molecule has 8 heteroatoms. The SMILES string of the molecule is CS(=O)(=O)NS(=O)(=O)Cl. The number of rotatable bonds is 2. The number of sulfonamides is 1. The molecule has 5 nitrogen and oxygen atoms in total. The van der Waals surface area contributed by atoms with E-state index in [0.717, 1.165) is 0 Å². The fourth-order valence-electron chi connectivity index (χ4n) is 0.181. The molecule has 0 spiro atoms. The highest BCUT2D eigenvalue weighted by atomic mass is 35.7. The van der Waals surface area contributed by atoms with Crippen molar-refractivity contribution >= 4 is 29.9 Å². The van der Waals surface area contributed by atoms with E-state index in [2.05, 4.69) is 10.7 Å². The molecule has 0 unspecified atom stereocenters. The zero-order valence-electron chi connectivity index (χ0n) is 4.33. The summed E-state index contributed by atoms with van der Waals surface area (Å²) in [5.41, 5.74) is 0. The average Bonchev–Trinajstić information content (AvgIpc) is 1.14. The van der Waals surface area contributed by atoms with Crippen molar-refractivity contribution in [2.24, 2.45) is 0 Å². The van der Waals surface area contributed by atoms with Crippen molar-refractivity contribution in [1.29, 1.82) is 0 Å². The number of hydrogen-bond acceptors (Lipinski definition) is 4. The molecule has 0 saturated heterocycles. The zero-order valence-corrected chi connectivity index (χ0v) is 6.72. The molecule has 1 N–H and O–H groups in total. The Bertz CT molecular complexity index is 244. The minimum atomic E-state index is -4.15. The Balaban J connectivity index is 4.46. The summed E-state index contributed by atoms with van der Waals surface area (Å²) < 4.78 is 41.2.